The average Bonchev–Trinajstić information content (AvgIpc) is 1.94. The third-order valence-electron chi connectivity index (χ3n) is 17.1. The normalized spacial score (nSPS) is 22.6. The number of carbonyl (C=O) groups excluding carboxylic acids is 6. The molecular formula is C62H76F3N9O11. The number of piperazine rings is 1. The van der Waals surface area contributed by atoms with Gasteiger partial charge in [0, 0.05) is 89.0 Å². The van der Waals surface area contributed by atoms with Crippen molar-refractivity contribution in [2.75, 3.05) is 88.3 Å². The van der Waals surface area contributed by atoms with Gasteiger partial charge in [0.2, 0.25) is 23.6 Å². The van der Waals surface area contributed by atoms with E-state index < -0.39 is 94.2 Å². The summed E-state index contributed by atoms with van der Waals surface area (Å²) in [7, 11) is 1.40. The number of amides is 7. The van der Waals surface area contributed by atoms with Gasteiger partial charge in [-0.15, -0.1) is 0 Å². The first-order chi connectivity index (χ1) is 40.3. The lowest BCUT2D eigenvalue weighted by Gasteiger charge is -2.47. The van der Waals surface area contributed by atoms with Crippen LogP contribution in [0.3, 0.4) is 0 Å². The monoisotopic (exact) mass is 1180 g/mol. The summed E-state index contributed by atoms with van der Waals surface area (Å²) in [5, 5.41) is 18.4. The van der Waals surface area contributed by atoms with E-state index in [1.807, 2.05) is 24.0 Å². The number of nitrogens with zero attached hydrogens (tertiary/aromatic N) is 6. The number of carboxylic acid groups (broad SMARTS) is 1. The van der Waals surface area contributed by atoms with Crippen molar-refractivity contribution < 1.29 is 66.1 Å². The molecule has 3 fully saturated rings. The summed E-state index contributed by atoms with van der Waals surface area (Å²) >= 11 is 0. The van der Waals surface area contributed by atoms with Crippen LogP contribution in [-0.2, 0) is 56.6 Å². The molecule has 5 heterocycles. The predicted molar refractivity (Wildman–Crippen MR) is 309 cm³/mol. The van der Waals surface area contributed by atoms with E-state index in [2.05, 4.69) is 20.9 Å². The van der Waals surface area contributed by atoms with Crippen LogP contribution in [0.15, 0.2) is 78.9 Å². The van der Waals surface area contributed by atoms with Gasteiger partial charge >= 0.3 is 12.2 Å². The molecule has 85 heavy (non-hydrogen) atoms. The van der Waals surface area contributed by atoms with Crippen LogP contribution in [0.25, 0.3) is 0 Å². The fourth-order valence-electron chi connectivity index (χ4n) is 12.1. The molecule has 4 aromatic rings. The summed E-state index contributed by atoms with van der Waals surface area (Å²) in [4.78, 5) is 110. The lowest BCUT2D eigenvalue weighted by atomic mass is 9.82. The van der Waals surface area contributed by atoms with Crippen LogP contribution in [0.4, 0.5) is 39.8 Å². The van der Waals surface area contributed by atoms with E-state index in [0.29, 0.717) is 62.4 Å². The van der Waals surface area contributed by atoms with Crippen LogP contribution in [-0.4, -0.2) is 180 Å². The van der Waals surface area contributed by atoms with Gasteiger partial charge in [0.1, 0.15) is 46.9 Å². The smallest absolute Gasteiger partial charge is 0.410 e. The SMILES string of the molecule is CC1CN(CC(=O)N2CC(C)(C(=O)Nc3ccc4c(c3)[C@@H](C(=O)Nc3c(F)cccc3F)N(C(=O)[C@@H](NC(=O)[C@H](C)N(C)C(=O)OC(C)(C)C)C3CCOCC3)C4)c3ccc(Cc4ccc(F)cc4)cc32)C(CN2CCOC[C@H]2C)CN1C(=O)O. The van der Waals surface area contributed by atoms with E-state index in [1.54, 1.807) is 69.9 Å². The van der Waals surface area contributed by atoms with Crippen molar-refractivity contribution in [3.05, 3.63) is 124 Å². The van der Waals surface area contributed by atoms with Crippen molar-refractivity contribution in [2.24, 2.45) is 5.92 Å². The van der Waals surface area contributed by atoms with Crippen LogP contribution in [0.2, 0.25) is 0 Å². The Kier molecular flexibility index (Phi) is 18.6. The number of ether oxygens (including phenoxy) is 3. The molecule has 4 N–H and O–H groups in total. The van der Waals surface area contributed by atoms with Gasteiger partial charge in [-0.3, -0.25) is 38.7 Å². The molecule has 0 aliphatic carbocycles. The summed E-state index contributed by atoms with van der Waals surface area (Å²) in [6.45, 7) is 14.9. The molecule has 9 rings (SSSR count). The maximum absolute atomic E-state index is 15.3. The molecule has 7 atom stereocenters. The Morgan fingerprint density at radius 3 is 2.20 bits per heavy atom. The zero-order valence-corrected chi connectivity index (χ0v) is 49.3. The van der Waals surface area contributed by atoms with E-state index >= 15 is 23.2 Å². The van der Waals surface area contributed by atoms with E-state index in [4.69, 9.17) is 14.2 Å². The Hall–Kier alpha value is -7.60. The van der Waals surface area contributed by atoms with Crippen LogP contribution < -0.4 is 20.9 Å². The maximum atomic E-state index is 15.3. The highest BCUT2D eigenvalue weighted by molar-refractivity contribution is 6.07. The third-order valence-corrected chi connectivity index (χ3v) is 17.1. The maximum Gasteiger partial charge on any atom is 0.410 e. The molecule has 5 aliphatic heterocycles. The van der Waals surface area contributed by atoms with Gasteiger partial charge in [0.15, 0.2) is 0 Å². The van der Waals surface area contributed by atoms with Crippen LogP contribution in [0.1, 0.15) is 95.2 Å². The van der Waals surface area contributed by atoms with Crippen molar-refractivity contribution in [2.45, 2.75) is 122 Å². The van der Waals surface area contributed by atoms with E-state index in [9.17, 15) is 28.7 Å². The molecule has 7 amide bonds. The fraction of sp³-hybridized carbons (Fsp3) is 0.500. The molecule has 3 saturated heterocycles. The average molecular weight is 1180 g/mol. The molecule has 456 valence electrons. The van der Waals surface area contributed by atoms with Gasteiger partial charge in [-0.05, 0) is 144 Å². The molecule has 20 nitrogen and oxygen atoms in total. The minimum absolute atomic E-state index is 0.0665. The lowest BCUT2D eigenvalue weighted by molar-refractivity contribution is -0.144. The van der Waals surface area contributed by atoms with Gasteiger partial charge in [0.05, 0.1) is 25.2 Å². The number of hydrogen-bond acceptors (Lipinski definition) is 12. The fourth-order valence-corrected chi connectivity index (χ4v) is 12.1. The first-order valence-electron chi connectivity index (χ1n) is 28.9. The first kappa shape index (κ1) is 61.9. The number of carbonyl (C=O) groups is 7. The molecule has 0 aromatic heterocycles. The Labute approximate surface area is 492 Å². The molecule has 4 aromatic carbocycles. The number of morpholine rings is 1. The number of rotatable bonds is 15. The molecule has 3 unspecified atom stereocenters. The summed E-state index contributed by atoms with van der Waals surface area (Å²) in [5.74, 6) is -6.25. The third kappa shape index (κ3) is 13.7. The first-order valence-corrected chi connectivity index (χ1v) is 28.9. The van der Waals surface area contributed by atoms with Gasteiger partial charge in [-0.25, -0.2) is 22.8 Å². The van der Waals surface area contributed by atoms with Gasteiger partial charge in [0.25, 0.3) is 5.91 Å². The number of hydrogen-bond donors (Lipinski definition) is 4. The van der Waals surface area contributed by atoms with Crippen LogP contribution >= 0.6 is 0 Å². The second kappa shape index (κ2) is 25.5. The van der Waals surface area contributed by atoms with Crippen molar-refractivity contribution in [3.63, 3.8) is 0 Å². The minimum Gasteiger partial charge on any atom is -0.465 e. The summed E-state index contributed by atoms with van der Waals surface area (Å²) in [5.41, 5.74) is 0.433. The molecular weight excluding hydrogens is 1100 g/mol. The van der Waals surface area contributed by atoms with Crippen molar-refractivity contribution >= 4 is 58.8 Å². The lowest BCUT2D eigenvalue weighted by Crippen LogP contribution is -2.64. The van der Waals surface area contributed by atoms with Gasteiger partial charge in [-0.2, -0.15) is 0 Å². The Balaban J connectivity index is 1.02. The molecule has 0 bridgehead atoms. The largest absolute Gasteiger partial charge is 0.465 e. The highest BCUT2D eigenvalue weighted by atomic mass is 19.1. The quantitative estimate of drug-likeness (QED) is 0.0953. The Morgan fingerprint density at radius 1 is 0.835 bits per heavy atom. The number of fused-ring (bicyclic) bond motifs is 2. The van der Waals surface area contributed by atoms with Crippen molar-refractivity contribution in [1.29, 1.82) is 0 Å². The van der Waals surface area contributed by atoms with Crippen LogP contribution in [0.5, 0.6) is 0 Å². The minimum atomic E-state index is -1.56. The van der Waals surface area contributed by atoms with Crippen molar-refractivity contribution in [1.82, 2.24) is 29.8 Å². The number of para-hydroxylation sites is 1. The second-order valence-electron chi connectivity index (χ2n) is 24.3. The molecule has 5 aliphatic rings. The summed E-state index contributed by atoms with van der Waals surface area (Å²) in [6.07, 6.45) is -0.747. The number of anilines is 3. The zero-order valence-electron chi connectivity index (χ0n) is 49.3. The molecule has 0 saturated carbocycles. The predicted octanol–water partition coefficient (Wildman–Crippen LogP) is 6.90. The highest BCUT2D eigenvalue weighted by Crippen LogP contribution is 2.44. The van der Waals surface area contributed by atoms with Crippen molar-refractivity contribution in [3.8, 4) is 0 Å². The Morgan fingerprint density at radius 2 is 1.53 bits per heavy atom. The Bertz CT molecular complexity index is 3180. The zero-order chi connectivity index (χ0) is 61.2. The second-order valence-corrected chi connectivity index (χ2v) is 24.3. The molecule has 0 radical (unpaired) electrons. The molecule has 0 spiro atoms. The highest BCUT2D eigenvalue weighted by Gasteiger charge is 2.49. The summed E-state index contributed by atoms with van der Waals surface area (Å²) in [6, 6.07) is 14.8. The topological polar surface area (TPSA) is 223 Å². The number of benzene rings is 4. The summed E-state index contributed by atoms with van der Waals surface area (Å²) < 4.78 is 61.4. The standard InChI is InChI=1S/C62H76F3N9O11/c1-36-29-71(45(32-72(36)59(80)81)31-70-22-25-84-34-37(70)2)33-51(75)74-35-62(7,47-19-14-40(27-50(47)74)26-39-12-16-43(63)17-13-39)58(79)66-44-18-15-42-30-73(54(46(42)28-44)56(77)68-53-48(64)10-9-11-49(53)65)57(78)52(41-20-23-83-24-21-41)67-55(76)38(3)69(8)60(82)85-61(4,5)6/h9-19,27-28,36-38,41,45,52,54H,20-26,29-35H2,1-8H3,(H,66,79)(H,67,76)(H,68,77)(H,80,81)/t36?,37-,38+,45?,52+,54+,62?/m1/s1. The van der Waals surface area contributed by atoms with E-state index in [-0.39, 0.29) is 81.0 Å². The number of halogens is 3. The van der Waals surface area contributed by atoms with E-state index in [0.717, 1.165) is 34.2 Å². The number of likely N-dealkylation sites (N-methyl/N-ethyl adjacent to an activating group) is 1. The van der Waals surface area contributed by atoms with E-state index in [1.165, 1.54) is 42.0 Å². The molecule has 23 heteroatoms. The van der Waals surface area contributed by atoms with Crippen LogP contribution in [0, 0.1) is 23.4 Å². The van der Waals surface area contributed by atoms with Gasteiger partial charge < -0.3 is 50.0 Å². The van der Waals surface area contributed by atoms with Gasteiger partial charge in [-0.1, -0.05) is 36.4 Å². The number of nitrogens with one attached hydrogen (secondary N) is 3.